The summed E-state index contributed by atoms with van der Waals surface area (Å²) in [6, 6.07) is 10.3. The second-order valence-corrected chi connectivity index (χ2v) is 6.15. The maximum Gasteiger partial charge on any atom is 0.270 e. The standard InChI is InChI=1S/C17H22N2O2S/c1-2-14(10-11-20)18-17(21)15-12-22-16(19-15)9-8-13-6-4-3-5-7-13/h3-7,12,14,20H,2,8-11H2,1H3,(H,18,21). The van der Waals surface area contributed by atoms with Crippen LogP contribution in [-0.4, -0.2) is 28.6 Å². The van der Waals surface area contributed by atoms with Gasteiger partial charge in [-0.05, 0) is 24.8 Å². The Morgan fingerprint density at radius 1 is 1.32 bits per heavy atom. The number of aliphatic hydroxyl groups excluding tert-OH is 1. The average Bonchev–Trinajstić information content (AvgIpc) is 3.02. The predicted molar refractivity (Wildman–Crippen MR) is 89.2 cm³/mol. The number of amides is 1. The molecule has 1 heterocycles. The fraction of sp³-hybridized carbons (Fsp3) is 0.412. The zero-order valence-corrected chi connectivity index (χ0v) is 13.6. The summed E-state index contributed by atoms with van der Waals surface area (Å²) in [6.45, 7) is 2.07. The third-order valence-electron chi connectivity index (χ3n) is 3.56. The zero-order valence-electron chi connectivity index (χ0n) is 12.8. The highest BCUT2D eigenvalue weighted by molar-refractivity contribution is 7.09. The van der Waals surface area contributed by atoms with Crippen molar-refractivity contribution in [2.24, 2.45) is 0 Å². The second kappa shape index (κ2) is 8.66. The summed E-state index contributed by atoms with van der Waals surface area (Å²) in [5.74, 6) is -0.150. The van der Waals surface area contributed by atoms with E-state index in [1.54, 1.807) is 5.38 Å². The van der Waals surface area contributed by atoms with Gasteiger partial charge in [0.1, 0.15) is 5.69 Å². The van der Waals surface area contributed by atoms with E-state index in [4.69, 9.17) is 5.11 Å². The monoisotopic (exact) mass is 318 g/mol. The molecular weight excluding hydrogens is 296 g/mol. The Bertz CT molecular complexity index is 583. The summed E-state index contributed by atoms with van der Waals surface area (Å²) < 4.78 is 0. The second-order valence-electron chi connectivity index (χ2n) is 5.20. The van der Waals surface area contributed by atoms with Gasteiger partial charge in [0, 0.05) is 24.4 Å². The Hall–Kier alpha value is -1.72. The molecule has 0 fully saturated rings. The van der Waals surface area contributed by atoms with Crippen molar-refractivity contribution in [2.45, 2.75) is 38.6 Å². The number of hydrogen-bond acceptors (Lipinski definition) is 4. The van der Waals surface area contributed by atoms with Gasteiger partial charge in [-0.3, -0.25) is 4.79 Å². The predicted octanol–water partition coefficient (Wildman–Crippen LogP) is 2.82. The summed E-state index contributed by atoms with van der Waals surface area (Å²) in [7, 11) is 0. The number of thiazole rings is 1. The lowest BCUT2D eigenvalue weighted by atomic mass is 10.1. The number of carbonyl (C=O) groups excluding carboxylic acids is 1. The third-order valence-corrected chi connectivity index (χ3v) is 4.47. The molecule has 0 aliphatic rings. The van der Waals surface area contributed by atoms with Crippen LogP contribution in [0, 0.1) is 0 Å². The van der Waals surface area contributed by atoms with Crippen molar-refractivity contribution in [3.63, 3.8) is 0 Å². The molecule has 0 aliphatic heterocycles. The Morgan fingerprint density at radius 2 is 2.09 bits per heavy atom. The van der Waals surface area contributed by atoms with Gasteiger partial charge < -0.3 is 10.4 Å². The molecule has 118 valence electrons. The first-order chi connectivity index (χ1) is 10.7. The van der Waals surface area contributed by atoms with E-state index in [1.807, 2.05) is 25.1 Å². The number of nitrogens with zero attached hydrogens (tertiary/aromatic N) is 1. The minimum absolute atomic E-state index is 0.00645. The van der Waals surface area contributed by atoms with Crippen molar-refractivity contribution >= 4 is 17.2 Å². The Balaban J connectivity index is 1.89. The van der Waals surface area contributed by atoms with Crippen molar-refractivity contribution in [1.29, 1.82) is 0 Å². The van der Waals surface area contributed by atoms with Crippen LogP contribution in [0.1, 0.15) is 40.8 Å². The lowest BCUT2D eigenvalue weighted by Crippen LogP contribution is -2.35. The molecule has 2 aromatic rings. The van der Waals surface area contributed by atoms with Crippen LogP contribution in [0.5, 0.6) is 0 Å². The zero-order chi connectivity index (χ0) is 15.8. The van der Waals surface area contributed by atoms with E-state index >= 15 is 0 Å². The van der Waals surface area contributed by atoms with Gasteiger partial charge in [0.15, 0.2) is 0 Å². The fourth-order valence-electron chi connectivity index (χ4n) is 2.22. The maximum atomic E-state index is 12.1. The van der Waals surface area contributed by atoms with Crippen LogP contribution in [0.4, 0.5) is 0 Å². The van der Waals surface area contributed by atoms with Crippen molar-refractivity contribution in [3.05, 3.63) is 52.0 Å². The number of aliphatic hydroxyl groups is 1. The quantitative estimate of drug-likeness (QED) is 0.787. The molecule has 4 nitrogen and oxygen atoms in total. The molecule has 0 saturated carbocycles. The van der Waals surface area contributed by atoms with E-state index in [2.05, 4.69) is 22.4 Å². The Morgan fingerprint density at radius 3 is 2.77 bits per heavy atom. The third kappa shape index (κ3) is 4.93. The summed E-state index contributed by atoms with van der Waals surface area (Å²) in [4.78, 5) is 16.5. The van der Waals surface area contributed by atoms with E-state index in [9.17, 15) is 4.79 Å². The molecule has 0 radical (unpaired) electrons. The van der Waals surface area contributed by atoms with Crippen LogP contribution in [0.25, 0.3) is 0 Å². The van der Waals surface area contributed by atoms with E-state index in [0.29, 0.717) is 12.1 Å². The van der Waals surface area contributed by atoms with Crippen LogP contribution >= 0.6 is 11.3 Å². The van der Waals surface area contributed by atoms with Gasteiger partial charge in [-0.15, -0.1) is 11.3 Å². The molecule has 0 aliphatic carbocycles. The lowest BCUT2D eigenvalue weighted by molar-refractivity contribution is 0.0924. The fourth-order valence-corrected chi connectivity index (χ4v) is 3.00. The van der Waals surface area contributed by atoms with Gasteiger partial charge in [-0.2, -0.15) is 0 Å². The molecular formula is C17H22N2O2S. The van der Waals surface area contributed by atoms with Crippen LogP contribution in [0.2, 0.25) is 0 Å². The maximum absolute atomic E-state index is 12.1. The molecule has 22 heavy (non-hydrogen) atoms. The Labute approximate surface area is 135 Å². The van der Waals surface area contributed by atoms with Gasteiger partial charge >= 0.3 is 0 Å². The number of carbonyl (C=O) groups is 1. The van der Waals surface area contributed by atoms with Gasteiger partial charge in [-0.1, -0.05) is 37.3 Å². The van der Waals surface area contributed by atoms with Crippen LogP contribution < -0.4 is 5.32 Å². The molecule has 2 N–H and O–H groups in total. The lowest BCUT2D eigenvalue weighted by Gasteiger charge is -2.14. The number of hydrogen-bond donors (Lipinski definition) is 2. The van der Waals surface area contributed by atoms with Crippen LogP contribution in [-0.2, 0) is 12.8 Å². The van der Waals surface area contributed by atoms with E-state index in [1.165, 1.54) is 16.9 Å². The molecule has 1 amide bonds. The van der Waals surface area contributed by atoms with Crippen molar-refractivity contribution in [2.75, 3.05) is 6.61 Å². The summed E-state index contributed by atoms with van der Waals surface area (Å²) >= 11 is 1.52. The number of rotatable bonds is 8. The molecule has 0 spiro atoms. The average molecular weight is 318 g/mol. The minimum Gasteiger partial charge on any atom is -0.396 e. The van der Waals surface area contributed by atoms with Crippen LogP contribution in [0.3, 0.4) is 0 Å². The largest absolute Gasteiger partial charge is 0.396 e. The van der Waals surface area contributed by atoms with Crippen LogP contribution in [0.15, 0.2) is 35.7 Å². The molecule has 1 aromatic carbocycles. The van der Waals surface area contributed by atoms with Gasteiger partial charge in [0.05, 0.1) is 5.01 Å². The van der Waals surface area contributed by atoms with E-state index in [0.717, 1.165) is 24.3 Å². The van der Waals surface area contributed by atoms with Crippen molar-refractivity contribution in [3.8, 4) is 0 Å². The topological polar surface area (TPSA) is 62.2 Å². The van der Waals surface area contributed by atoms with E-state index < -0.39 is 0 Å². The Kier molecular flexibility index (Phi) is 6.55. The molecule has 1 unspecified atom stereocenters. The first-order valence-corrected chi connectivity index (χ1v) is 8.51. The first kappa shape index (κ1) is 16.6. The summed E-state index contributed by atoms with van der Waals surface area (Å²) in [6.07, 6.45) is 3.15. The number of aromatic nitrogens is 1. The minimum atomic E-state index is -0.150. The normalized spacial score (nSPS) is 12.1. The highest BCUT2D eigenvalue weighted by Gasteiger charge is 2.14. The molecule has 0 bridgehead atoms. The van der Waals surface area contributed by atoms with Crippen molar-refractivity contribution in [1.82, 2.24) is 10.3 Å². The van der Waals surface area contributed by atoms with Gasteiger partial charge in [0.2, 0.25) is 0 Å². The molecule has 2 rings (SSSR count). The van der Waals surface area contributed by atoms with E-state index in [-0.39, 0.29) is 18.6 Å². The van der Waals surface area contributed by atoms with Crippen molar-refractivity contribution < 1.29 is 9.90 Å². The number of aryl methyl sites for hydroxylation is 2. The SMILES string of the molecule is CCC(CCO)NC(=O)c1csc(CCc2ccccc2)n1. The summed E-state index contributed by atoms with van der Waals surface area (Å²) in [5.41, 5.74) is 1.75. The first-order valence-electron chi connectivity index (χ1n) is 7.63. The molecule has 5 heteroatoms. The molecule has 1 atom stereocenters. The number of benzene rings is 1. The molecule has 1 aromatic heterocycles. The van der Waals surface area contributed by atoms with Gasteiger partial charge in [-0.25, -0.2) is 4.98 Å². The highest BCUT2D eigenvalue weighted by Crippen LogP contribution is 2.13. The highest BCUT2D eigenvalue weighted by atomic mass is 32.1. The molecule has 0 saturated heterocycles. The smallest absolute Gasteiger partial charge is 0.270 e. The van der Waals surface area contributed by atoms with Gasteiger partial charge in [0.25, 0.3) is 5.91 Å². The summed E-state index contributed by atoms with van der Waals surface area (Å²) in [5, 5.41) is 14.7. The number of nitrogens with one attached hydrogen (secondary N) is 1.